The standard InChI is InChI=1S/C16H26N4O2.ClH/c1-9-8-11(6-7-17-9)19-13(21)12-10(2)18-15(16(3,4)5)20-14(12)22;/h9,11,17H,6-8H2,1-5H3,(H,19,21)(H,18,20,22);1H. The van der Waals surface area contributed by atoms with Gasteiger partial charge in [0, 0.05) is 17.5 Å². The van der Waals surface area contributed by atoms with E-state index in [-0.39, 0.29) is 40.9 Å². The maximum absolute atomic E-state index is 12.4. The van der Waals surface area contributed by atoms with E-state index in [9.17, 15) is 9.59 Å². The normalized spacial score (nSPS) is 21.4. The summed E-state index contributed by atoms with van der Waals surface area (Å²) >= 11 is 0. The number of carbonyl (C=O) groups excluding carboxylic acids is 1. The van der Waals surface area contributed by atoms with Crippen molar-refractivity contribution in [3.05, 3.63) is 27.4 Å². The minimum atomic E-state index is -0.364. The maximum Gasteiger partial charge on any atom is 0.264 e. The maximum atomic E-state index is 12.4. The van der Waals surface area contributed by atoms with Crippen molar-refractivity contribution in [2.75, 3.05) is 6.54 Å². The number of halogens is 1. The fraction of sp³-hybridized carbons (Fsp3) is 0.688. The number of aromatic nitrogens is 2. The Kier molecular flexibility index (Phi) is 6.36. The number of amides is 1. The largest absolute Gasteiger partial charge is 0.349 e. The Morgan fingerprint density at radius 3 is 2.52 bits per heavy atom. The van der Waals surface area contributed by atoms with E-state index in [0.717, 1.165) is 19.4 Å². The Labute approximate surface area is 143 Å². The molecule has 1 amide bonds. The molecular weight excluding hydrogens is 316 g/mol. The van der Waals surface area contributed by atoms with Gasteiger partial charge in [-0.15, -0.1) is 12.4 Å². The molecule has 0 aliphatic carbocycles. The second kappa shape index (κ2) is 7.45. The third kappa shape index (κ3) is 4.78. The molecule has 2 unspecified atom stereocenters. The Morgan fingerprint density at radius 2 is 2.00 bits per heavy atom. The van der Waals surface area contributed by atoms with Crippen LogP contribution >= 0.6 is 12.4 Å². The lowest BCUT2D eigenvalue weighted by atomic mass is 9.95. The van der Waals surface area contributed by atoms with Crippen LogP contribution in [-0.2, 0) is 5.41 Å². The summed E-state index contributed by atoms with van der Waals surface area (Å²) in [4.78, 5) is 31.9. The van der Waals surface area contributed by atoms with Crippen LogP contribution in [0.5, 0.6) is 0 Å². The molecule has 1 aliphatic heterocycles. The zero-order chi connectivity index (χ0) is 16.5. The number of hydrogen-bond acceptors (Lipinski definition) is 4. The molecule has 2 rings (SSSR count). The number of nitrogens with one attached hydrogen (secondary N) is 3. The van der Waals surface area contributed by atoms with Crippen LogP contribution in [0.1, 0.15) is 62.4 Å². The highest BCUT2D eigenvalue weighted by Crippen LogP contribution is 2.17. The first-order chi connectivity index (χ1) is 10.2. The monoisotopic (exact) mass is 342 g/mol. The molecule has 3 N–H and O–H groups in total. The van der Waals surface area contributed by atoms with Crippen molar-refractivity contribution < 1.29 is 4.79 Å². The van der Waals surface area contributed by atoms with Gasteiger partial charge in [0.1, 0.15) is 11.4 Å². The van der Waals surface area contributed by atoms with E-state index in [2.05, 4.69) is 27.5 Å². The van der Waals surface area contributed by atoms with Crippen LogP contribution in [0.15, 0.2) is 4.79 Å². The van der Waals surface area contributed by atoms with Gasteiger partial charge in [-0.25, -0.2) is 4.98 Å². The molecule has 2 atom stereocenters. The van der Waals surface area contributed by atoms with Gasteiger partial charge in [0.05, 0.1) is 5.69 Å². The van der Waals surface area contributed by atoms with Crippen LogP contribution in [-0.4, -0.2) is 34.5 Å². The van der Waals surface area contributed by atoms with Crippen LogP contribution in [0.3, 0.4) is 0 Å². The van der Waals surface area contributed by atoms with Crippen LogP contribution in [0.2, 0.25) is 0 Å². The third-order valence-electron chi connectivity index (χ3n) is 4.00. The van der Waals surface area contributed by atoms with Crippen molar-refractivity contribution in [1.82, 2.24) is 20.6 Å². The number of aryl methyl sites for hydroxylation is 1. The average molecular weight is 343 g/mol. The van der Waals surface area contributed by atoms with Crippen LogP contribution in [0.25, 0.3) is 0 Å². The summed E-state index contributed by atoms with van der Waals surface area (Å²) in [5.74, 6) is 0.271. The number of piperidine rings is 1. The summed E-state index contributed by atoms with van der Waals surface area (Å²) in [5.41, 5.74) is -0.0205. The number of rotatable bonds is 2. The van der Waals surface area contributed by atoms with Crippen molar-refractivity contribution in [1.29, 1.82) is 0 Å². The zero-order valence-corrected chi connectivity index (χ0v) is 15.3. The summed E-state index contributed by atoms with van der Waals surface area (Å²) in [6, 6.07) is 0.477. The molecule has 7 heteroatoms. The number of carbonyl (C=O) groups is 1. The van der Waals surface area contributed by atoms with E-state index >= 15 is 0 Å². The molecule has 1 fully saturated rings. The number of aromatic amines is 1. The zero-order valence-electron chi connectivity index (χ0n) is 14.4. The molecule has 1 aliphatic rings. The molecule has 0 spiro atoms. The van der Waals surface area contributed by atoms with Gasteiger partial charge >= 0.3 is 0 Å². The Balaban J connectivity index is 0.00000264. The summed E-state index contributed by atoms with van der Waals surface area (Å²) < 4.78 is 0. The Bertz CT molecular complexity index is 621. The minimum Gasteiger partial charge on any atom is -0.349 e. The van der Waals surface area contributed by atoms with Crippen molar-refractivity contribution in [3.63, 3.8) is 0 Å². The van der Waals surface area contributed by atoms with Gasteiger partial charge in [0.2, 0.25) is 0 Å². The summed E-state index contributed by atoms with van der Waals surface area (Å²) in [5, 5.41) is 6.31. The number of nitrogens with zero attached hydrogens (tertiary/aromatic N) is 1. The molecule has 1 aromatic rings. The molecule has 1 saturated heterocycles. The first kappa shape index (κ1) is 19.6. The minimum absolute atomic E-state index is 0. The molecule has 130 valence electrons. The SMILES string of the molecule is Cc1nc(C(C)(C)C)[nH]c(=O)c1C(=O)NC1CCNC(C)C1.Cl. The molecule has 0 aromatic carbocycles. The first-order valence-electron chi connectivity index (χ1n) is 7.84. The van der Waals surface area contributed by atoms with E-state index in [1.54, 1.807) is 6.92 Å². The van der Waals surface area contributed by atoms with Crippen molar-refractivity contribution in [3.8, 4) is 0 Å². The second-order valence-corrected chi connectivity index (χ2v) is 7.17. The predicted molar refractivity (Wildman–Crippen MR) is 93.5 cm³/mol. The van der Waals surface area contributed by atoms with Crippen LogP contribution in [0, 0.1) is 6.92 Å². The highest BCUT2D eigenvalue weighted by Gasteiger charge is 2.25. The van der Waals surface area contributed by atoms with Crippen LogP contribution < -0.4 is 16.2 Å². The van der Waals surface area contributed by atoms with E-state index in [4.69, 9.17) is 0 Å². The van der Waals surface area contributed by atoms with E-state index in [1.165, 1.54) is 0 Å². The van der Waals surface area contributed by atoms with Gasteiger partial charge < -0.3 is 15.6 Å². The number of H-pyrrole nitrogens is 1. The van der Waals surface area contributed by atoms with E-state index < -0.39 is 0 Å². The first-order valence-corrected chi connectivity index (χ1v) is 7.84. The Morgan fingerprint density at radius 1 is 1.35 bits per heavy atom. The quantitative estimate of drug-likeness (QED) is 0.763. The molecule has 0 radical (unpaired) electrons. The lowest BCUT2D eigenvalue weighted by Gasteiger charge is -2.28. The molecule has 2 heterocycles. The molecule has 6 nitrogen and oxygen atoms in total. The van der Waals surface area contributed by atoms with Gasteiger partial charge in [0.25, 0.3) is 11.5 Å². The average Bonchev–Trinajstić information content (AvgIpc) is 2.36. The third-order valence-corrected chi connectivity index (χ3v) is 4.00. The van der Waals surface area contributed by atoms with Gasteiger partial charge in [0.15, 0.2) is 0 Å². The highest BCUT2D eigenvalue weighted by atomic mass is 35.5. The van der Waals surface area contributed by atoms with Gasteiger partial charge in [-0.1, -0.05) is 20.8 Å². The summed E-state index contributed by atoms with van der Waals surface area (Å²) in [6.45, 7) is 10.6. The van der Waals surface area contributed by atoms with Crippen molar-refractivity contribution in [2.24, 2.45) is 0 Å². The van der Waals surface area contributed by atoms with E-state index in [0.29, 0.717) is 17.6 Å². The number of hydrogen-bond donors (Lipinski definition) is 3. The predicted octanol–water partition coefficient (Wildman–Crippen LogP) is 1.67. The van der Waals surface area contributed by atoms with Gasteiger partial charge in [-0.3, -0.25) is 9.59 Å². The fourth-order valence-corrected chi connectivity index (χ4v) is 2.73. The van der Waals surface area contributed by atoms with Gasteiger partial charge in [-0.05, 0) is 33.2 Å². The highest BCUT2D eigenvalue weighted by molar-refractivity contribution is 5.95. The molecule has 0 bridgehead atoms. The smallest absolute Gasteiger partial charge is 0.264 e. The summed E-state index contributed by atoms with van der Waals surface area (Å²) in [6.07, 6.45) is 1.75. The van der Waals surface area contributed by atoms with Crippen molar-refractivity contribution >= 4 is 18.3 Å². The van der Waals surface area contributed by atoms with Crippen LogP contribution in [0.4, 0.5) is 0 Å². The fourth-order valence-electron chi connectivity index (χ4n) is 2.73. The second-order valence-electron chi connectivity index (χ2n) is 7.17. The van der Waals surface area contributed by atoms with E-state index in [1.807, 2.05) is 20.8 Å². The molecular formula is C16H27ClN4O2. The lowest BCUT2D eigenvalue weighted by molar-refractivity contribution is 0.0922. The summed E-state index contributed by atoms with van der Waals surface area (Å²) in [7, 11) is 0. The van der Waals surface area contributed by atoms with Crippen molar-refractivity contribution in [2.45, 2.75) is 65.0 Å². The Hall–Kier alpha value is -1.40. The molecule has 1 aromatic heterocycles. The van der Waals surface area contributed by atoms with Gasteiger partial charge in [-0.2, -0.15) is 0 Å². The lowest BCUT2D eigenvalue weighted by Crippen LogP contribution is -2.47. The topological polar surface area (TPSA) is 86.9 Å². The molecule has 0 saturated carbocycles. The molecule has 23 heavy (non-hydrogen) atoms.